The molecule has 2 unspecified atom stereocenters. The number of amides is 1. The Kier molecular flexibility index (Phi) is 6.44. The summed E-state index contributed by atoms with van der Waals surface area (Å²) in [5, 5.41) is 2.88. The van der Waals surface area contributed by atoms with Crippen LogP contribution in [-0.4, -0.2) is 30.2 Å². The number of hydrogen-bond donors (Lipinski definition) is 2. The molecule has 17 heavy (non-hydrogen) atoms. The van der Waals surface area contributed by atoms with E-state index in [9.17, 15) is 4.79 Å². The lowest BCUT2D eigenvalue weighted by atomic mass is 10.0. The molecule has 3 N–H and O–H groups in total. The van der Waals surface area contributed by atoms with Gasteiger partial charge in [-0.05, 0) is 32.1 Å². The maximum Gasteiger partial charge on any atom is 0.229 e. The van der Waals surface area contributed by atoms with Crippen LogP contribution >= 0.6 is 12.2 Å². The van der Waals surface area contributed by atoms with Gasteiger partial charge in [0.15, 0.2) is 0 Å². The molecule has 0 aromatic rings. The van der Waals surface area contributed by atoms with E-state index in [2.05, 4.69) is 5.32 Å². The molecule has 0 radical (unpaired) electrons. The van der Waals surface area contributed by atoms with Crippen molar-refractivity contribution in [1.82, 2.24) is 5.32 Å². The minimum atomic E-state index is -0.336. The Morgan fingerprint density at radius 3 is 2.88 bits per heavy atom. The van der Waals surface area contributed by atoms with Crippen LogP contribution in [0.15, 0.2) is 0 Å². The number of nitrogens with one attached hydrogen (secondary N) is 1. The van der Waals surface area contributed by atoms with E-state index in [-0.39, 0.29) is 16.8 Å². The minimum absolute atomic E-state index is 0.0594. The number of nitrogens with two attached hydrogens (primary N) is 1. The zero-order chi connectivity index (χ0) is 12.7. The molecular weight excluding hydrogens is 236 g/mol. The maximum absolute atomic E-state index is 11.7. The SMILES string of the molecule is CCC(C(=O)NCCC1CCCCO1)C(N)=S. The summed E-state index contributed by atoms with van der Waals surface area (Å²) in [5.41, 5.74) is 5.51. The van der Waals surface area contributed by atoms with Gasteiger partial charge in [-0.2, -0.15) is 0 Å². The Bertz CT molecular complexity index is 265. The quantitative estimate of drug-likeness (QED) is 0.706. The van der Waals surface area contributed by atoms with Gasteiger partial charge in [-0.3, -0.25) is 4.79 Å². The van der Waals surface area contributed by atoms with Crippen molar-refractivity contribution >= 4 is 23.1 Å². The number of hydrogen-bond acceptors (Lipinski definition) is 3. The number of rotatable bonds is 6. The van der Waals surface area contributed by atoms with Crippen LogP contribution in [0.3, 0.4) is 0 Å². The van der Waals surface area contributed by atoms with E-state index in [4.69, 9.17) is 22.7 Å². The first-order chi connectivity index (χ1) is 8.15. The first-order valence-corrected chi connectivity index (χ1v) is 6.74. The molecule has 0 saturated carbocycles. The standard InChI is InChI=1S/C12H22N2O2S/c1-2-10(11(13)17)12(15)14-7-6-9-5-3-4-8-16-9/h9-10H,2-8H2,1H3,(H2,13,17)(H,14,15). The highest BCUT2D eigenvalue weighted by Crippen LogP contribution is 2.15. The summed E-state index contributed by atoms with van der Waals surface area (Å²) < 4.78 is 5.59. The third-order valence-corrected chi connectivity index (χ3v) is 3.39. The van der Waals surface area contributed by atoms with Crippen LogP contribution in [-0.2, 0) is 9.53 Å². The third kappa shape index (κ3) is 5.00. The molecule has 0 spiro atoms. The summed E-state index contributed by atoms with van der Waals surface area (Å²) >= 11 is 4.86. The molecular formula is C12H22N2O2S. The van der Waals surface area contributed by atoms with E-state index in [0.29, 0.717) is 19.1 Å². The Morgan fingerprint density at radius 2 is 2.35 bits per heavy atom. The fourth-order valence-electron chi connectivity index (χ4n) is 2.03. The van der Waals surface area contributed by atoms with Crippen molar-refractivity contribution in [1.29, 1.82) is 0 Å². The second kappa shape index (κ2) is 7.61. The predicted octanol–water partition coefficient (Wildman–Crippen LogP) is 1.37. The maximum atomic E-state index is 11.7. The van der Waals surface area contributed by atoms with E-state index in [1.807, 2.05) is 6.92 Å². The summed E-state index contributed by atoms with van der Waals surface area (Å²) in [6.45, 7) is 3.40. The van der Waals surface area contributed by atoms with Crippen molar-refractivity contribution in [3.05, 3.63) is 0 Å². The summed E-state index contributed by atoms with van der Waals surface area (Å²) in [4.78, 5) is 12.0. The molecule has 98 valence electrons. The lowest BCUT2D eigenvalue weighted by Crippen LogP contribution is -2.39. The molecule has 1 saturated heterocycles. The van der Waals surface area contributed by atoms with Gasteiger partial charge in [-0.25, -0.2) is 0 Å². The van der Waals surface area contributed by atoms with Gasteiger partial charge in [0.1, 0.15) is 0 Å². The summed E-state index contributed by atoms with van der Waals surface area (Å²) in [7, 11) is 0. The fourth-order valence-corrected chi connectivity index (χ4v) is 2.30. The topological polar surface area (TPSA) is 64.3 Å². The number of ether oxygens (including phenoxy) is 1. The molecule has 1 fully saturated rings. The van der Waals surface area contributed by atoms with Crippen molar-refractivity contribution in [2.75, 3.05) is 13.2 Å². The number of carbonyl (C=O) groups excluding carboxylic acids is 1. The summed E-state index contributed by atoms with van der Waals surface area (Å²) in [6.07, 6.45) is 5.31. The molecule has 0 aromatic carbocycles. The highest BCUT2D eigenvalue weighted by molar-refractivity contribution is 7.80. The Hall–Kier alpha value is -0.680. The lowest BCUT2D eigenvalue weighted by molar-refractivity contribution is -0.123. The van der Waals surface area contributed by atoms with Crippen LogP contribution in [0.5, 0.6) is 0 Å². The van der Waals surface area contributed by atoms with Crippen molar-refractivity contribution in [2.45, 2.75) is 45.1 Å². The summed E-state index contributed by atoms with van der Waals surface area (Å²) in [6, 6.07) is 0. The smallest absolute Gasteiger partial charge is 0.229 e. The Morgan fingerprint density at radius 1 is 1.59 bits per heavy atom. The Labute approximate surface area is 108 Å². The van der Waals surface area contributed by atoms with E-state index < -0.39 is 0 Å². The summed E-state index contributed by atoms with van der Waals surface area (Å²) in [5.74, 6) is -0.395. The molecule has 0 bridgehead atoms. The lowest BCUT2D eigenvalue weighted by Gasteiger charge is -2.23. The van der Waals surface area contributed by atoms with Crippen molar-refractivity contribution in [3.63, 3.8) is 0 Å². The van der Waals surface area contributed by atoms with Crippen molar-refractivity contribution in [3.8, 4) is 0 Å². The van der Waals surface area contributed by atoms with Crippen LogP contribution < -0.4 is 11.1 Å². The largest absolute Gasteiger partial charge is 0.393 e. The minimum Gasteiger partial charge on any atom is -0.393 e. The normalized spacial score (nSPS) is 21.8. The number of carbonyl (C=O) groups is 1. The fraction of sp³-hybridized carbons (Fsp3) is 0.833. The molecule has 5 heteroatoms. The molecule has 1 amide bonds. The van der Waals surface area contributed by atoms with E-state index in [1.54, 1.807) is 0 Å². The third-order valence-electron chi connectivity index (χ3n) is 3.11. The van der Waals surface area contributed by atoms with Gasteiger partial charge in [0.25, 0.3) is 0 Å². The van der Waals surface area contributed by atoms with E-state index in [0.717, 1.165) is 25.9 Å². The molecule has 4 nitrogen and oxygen atoms in total. The Balaban J connectivity index is 2.20. The van der Waals surface area contributed by atoms with Crippen LogP contribution in [0, 0.1) is 5.92 Å². The highest BCUT2D eigenvalue weighted by atomic mass is 32.1. The molecule has 0 aromatic heterocycles. The van der Waals surface area contributed by atoms with Crippen LogP contribution in [0.25, 0.3) is 0 Å². The molecule has 2 atom stereocenters. The molecule has 0 aliphatic carbocycles. The van der Waals surface area contributed by atoms with Crippen molar-refractivity contribution in [2.24, 2.45) is 11.7 Å². The average Bonchev–Trinajstić information content (AvgIpc) is 2.30. The van der Waals surface area contributed by atoms with Crippen LogP contribution in [0.2, 0.25) is 0 Å². The monoisotopic (exact) mass is 258 g/mol. The molecule has 1 heterocycles. The zero-order valence-corrected chi connectivity index (χ0v) is 11.2. The zero-order valence-electron chi connectivity index (χ0n) is 10.4. The van der Waals surface area contributed by atoms with Gasteiger partial charge in [0.2, 0.25) is 5.91 Å². The average molecular weight is 258 g/mol. The van der Waals surface area contributed by atoms with Gasteiger partial charge in [-0.15, -0.1) is 0 Å². The first kappa shape index (κ1) is 14.4. The molecule has 1 aliphatic heterocycles. The van der Waals surface area contributed by atoms with Crippen molar-refractivity contribution < 1.29 is 9.53 Å². The second-order valence-corrected chi connectivity index (χ2v) is 4.90. The number of thiocarbonyl (C=S) groups is 1. The van der Waals surface area contributed by atoms with Crippen LogP contribution in [0.1, 0.15) is 39.0 Å². The van der Waals surface area contributed by atoms with Gasteiger partial charge < -0.3 is 15.8 Å². The highest BCUT2D eigenvalue weighted by Gasteiger charge is 2.19. The molecule has 1 rings (SSSR count). The van der Waals surface area contributed by atoms with Gasteiger partial charge in [0, 0.05) is 13.2 Å². The second-order valence-electron chi connectivity index (χ2n) is 4.43. The van der Waals surface area contributed by atoms with Gasteiger partial charge in [-0.1, -0.05) is 19.1 Å². The van der Waals surface area contributed by atoms with E-state index in [1.165, 1.54) is 6.42 Å². The van der Waals surface area contributed by atoms with Gasteiger partial charge in [0.05, 0.1) is 17.0 Å². The van der Waals surface area contributed by atoms with E-state index >= 15 is 0 Å². The predicted molar refractivity (Wildman–Crippen MR) is 71.8 cm³/mol. The van der Waals surface area contributed by atoms with Gasteiger partial charge >= 0.3 is 0 Å². The van der Waals surface area contributed by atoms with Crippen LogP contribution in [0.4, 0.5) is 0 Å². The molecule has 1 aliphatic rings. The first-order valence-electron chi connectivity index (χ1n) is 6.33.